The van der Waals surface area contributed by atoms with E-state index in [1.54, 1.807) is 0 Å². The second kappa shape index (κ2) is 10.2. The second-order valence-corrected chi connectivity index (χ2v) is 3.11. The van der Waals surface area contributed by atoms with Crippen LogP contribution in [0.25, 0.3) is 0 Å². The molecule has 0 aliphatic rings. The molecule has 0 fully saturated rings. The summed E-state index contributed by atoms with van der Waals surface area (Å²) in [5.74, 6) is -0.337. The molecule has 0 amide bonds. The van der Waals surface area contributed by atoms with Crippen LogP contribution in [0.2, 0.25) is 0 Å². The maximum absolute atomic E-state index is 9.79. The smallest absolute Gasteiger partial charge is 0.748 e. The predicted molar refractivity (Wildman–Crippen MR) is 38.5 cm³/mol. The number of hydrogen-bond acceptors (Lipinski definition) is 3. The quantitative estimate of drug-likeness (QED) is 0.307. The van der Waals surface area contributed by atoms with Crippen LogP contribution in [0.4, 0.5) is 12.9 Å². The summed E-state index contributed by atoms with van der Waals surface area (Å²) in [5, 5.41) is 0. The van der Waals surface area contributed by atoms with Crippen LogP contribution < -0.4 is 18.9 Å². The van der Waals surface area contributed by atoms with Gasteiger partial charge in [-0.15, -0.1) is 6.58 Å². The van der Waals surface area contributed by atoms with Crippen molar-refractivity contribution in [3.05, 3.63) is 12.7 Å². The average Bonchev–Trinajstić information content (AvgIpc) is 1.80. The molecule has 0 aliphatic heterocycles. The van der Waals surface area contributed by atoms with E-state index in [0.717, 1.165) is 0 Å². The predicted octanol–water partition coefficient (Wildman–Crippen LogP) is -2.01. The first-order valence-corrected chi connectivity index (χ1v) is 4.34. The summed E-state index contributed by atoms with van der Waals surface area (Å²) in [5.41, 5.74) is 0. The van der Waals surface area contributed by atoms with Crippen molar-refractivity contribution in [3.63, 3.8) is 0 Å². The van der Waals surface area contributed by atoms with Crippen molar-refractivity contribution in [1.29, 1.82) is 0 Å². The zero-order valence-electron chi connectivity index (χ0n) is 7.04. The van der Waals surface area contributed by atoms with Crippen molar-refractivity contribution in [2.24, 2.45) is 0 Å². The number of rotatable bonds is 3. The summed E-state index contributed by atoms with van der Waals surface area (Å²) >= 11 is 0. The van der Waals surface area contributed by atoms with Gasteiger partial charge in [-0.1, -0.05) is 6.08 Å². The molecule has 0 aliphatic carbocycles. The Kier molecular flexibility index (Phi) is 14.7. The van der Waals surface area contributed by atoms with Crippen molar-refractivity contribution in [1.82, 2.24) is 0 Å². The maximum atomic E-state index is 9.79. The summed E-state index contributed by atoms with van der Waals surface area (Å²) in [6, 6.07) is 0. The molecule has 0 spiro atoms. The topological polar surface area (TPSA) is 57.2 Å². The summed E-state index contributed by atoms with van der Waals surface area (Å²) in [7, 11) is -7.67. The molecule has 0 aromatic rings. The molecule has 0 saturated carbocycles. The molecule has 13 heavy (non-hydrogen) atoms. The molecule has 9 heteroatoms. The number of allylic oxidation sites excluding steroid dienone is 1. The van der Waals surface area contributed by atoms with E-state index in [1.807, 2.05) is 0 Å². The van der Waals surface area contributed by atoms with E-state index < -0.39 is 17.7 Å². The normalized spacial score (nSPS) is 8.92. The van der Waals surface area contributed by atoms with Crippen molar-refractivity contribution >= 4 is 17.7 Å². The van der Waals surface area contributed by atoms with Gasteiger partial charge in [0, 0.05) is 5.75 Å². The molecule has 0 aromatic carbocycles. The van der Waals surface area contributed by atoms with Gasteiger partial charge in [-0.25, -0.2) is 8.42 Å². The molecule has 0 N–H and O–H groups in total. The Labute approximate surface area is 87.5 Å². The summed E-state index contributed by atoms with van der Waals surface area (Å²) in [4.78, 5) is 0. The second-order valence-electron chi connectivity index (χ2n) is 1.59. The molecule has 0 radical (unpaired) electrons. The van der Waals surface area contributed by atoms with Gasteiger partial charge in [-0.2, -0.15) is 0 Å². The van der Waals surface area contributed by atoms with Gasteiger partial charge < -0.3 is 4.55 Å². The molecule has 0 bridgehead atoms. The van der Waals surface area contributed by atoms with Crippen LogP contribution in [-0.2, 0) is 10.1 Å². The minimum Gasteiger partial charge on any atom is -0.748 e. The Morgan fingerprint density at radius 1 is 1.38 bits per heavy atom. The molecule has 0 aromatic heterocycles. The average molecular weight is 210 g/mol. The van der Waals surface area contributed by atoms with E-state index in [2.05, 4.69) is 6.58 Å². The summed E-state index contributed by atoms with van der Waals surface area (Å²) < 4.78 is 58.4. The maximum Gasteiger partial charge on any atom is 1.00 e. The van der Waals surface area contributed by atoms with Crippen molar-refractivity contribution < 1.29 is 44.8 Å². The van der Waals surface area contributed by atoms with E-state index in [4.69, 9.17) is 0 Å². The van der Waals surface area contributed by atoms with E-state index >= 15 is 0 Å². The fourth-order valence-electron chi connectivity index (χ4n) is 0.228. The molecule has 3 nitrogen and oxygen atoms in total. The third-order valence-corrected chi connectivity index (χ3v) is 1.31. The Balaban J connectivity index is -0.000000173. The first-order valence-electron chi connectivity index (χ1n) is 2.76. The SMILES string of the molecule is C=CCCS(=O)(=O)[O-].FB(F)F.[Li+]. The fraction of sp³-hybridized carbons (Fsp3) is 0.500. The minimum absolute atomic E-state index is 0. The third-order valence-electron chi connectivity index (χ3n) is 0.572. The van der Waals surface area contributed by atoms with Gasteiger partial charge in [0.1, 0.15) is 0 Å². The Morgan fingerprint density at radius 3 is 1.77 bits per heavy atom. The Morgan fingerprint density at radius 2 is 1.69 bits per heavy atom. The number of halogens is 3. The van der Waals surface area contributed by atoms with Crippen molar-refractivity contribution in [2.45, 2.75) is 6.42 Å². The van der Waals surface area contributed by atoms with Gasteiger partial charge in [0.05, 0.1) is 10.1 Å². The standard InChI is InChI=1S/C4H8O3S.BF3.Li/c1-2-3-4-8(5,6)7;2-1(3)4;/h2H,1,3-4H2,(H,5,6,7);;/q;;+1/p-1. The molecular weight excluding hydrogens is 203 g/mol. The first kappa shape index (κ1) is 18.8. The summed E-state index contributed by atoms with van der Waals surface area (Å²) in [6.45, 7) is 3.26. The summed E-state index contributed by atoms with van der Waals surface area (Å²) in [6.07, 6.45) is 1.64. The van der Waals surface area contributed by atoms with E-state index in [-0.39, 0.29) is 31.0 Å². The van der Waals surface area contributed by atoms with E-state index in [0.29, 0.717) is 0 Å². The van der Waals surface area contributed by atoms with Gasteiger partial charge in [0.25, 0.3) is 0 Å². The molecule has 0 unspecified atom stereocenters. The van der Waals surface area contributed by atoms with Gasteiger partial charge >= 0.3 is 26.4 Å². The van der Waals surface area contributed by atoms with Gasteiger partial charge in [-0.05, 0) is 6.42 Å². The van der Waals surface area contributed by atoms with Crippen LogP contribution in [0.1, 0.15) is 6.42 Å². The van der Waals surface area contributed by atoms with Crippen molar-refractivity contribution in [2.75, 3.05) is 5.75 Å². The van der Waals surface area contributed by atoms with Crippen LogP contribution in [0.5, 0.6) is 0 Å². The first-order chi connectivity index (χ1) is 5.29. The van der Waals surface area contributed by atoms with Crippen molar-refractivity contribution in [3.8, 4) is 0 Å². The van der Waals surface area contributed by atoms with Crippen LogP contribution in [0.3, 0.4) is 0 Å². The molecule has 0 atom stereocenters. The monoisotopic (exact) mass is 210 g/mol. The van der Waals surface area contributed by atoms with Gasteiger partial charge in [0.15, 0.2) is 0 Å². The van der Waals surface area contributed by atoms with Gasteiger partial charge in [-0.3, -0.25) is 12.9 Å². The van der Waals surface area contributed by atoms with Crippen LogP contribution >= 0.6 is 0 Å². The fourth-order valence-corrected chi connectivity index (χ4v) is 0.683. The molecule has 0 rings (SSSR count). The number of hydrogen-bond donors (Lipinski definition) is 0. The Bertz CT molecular complexity index is 206. The van der Waals surface area contributed by atoms with E-state index in [1.165, 1.54) is 6.08 Å². The molecule has 72 valence electrons. The van der Waals surface area contributed by atoms with E-state index in [9.17, 15) is 25.9 Å². The molecule has 0 saturated heterocycles. The zero-order valence-corrected chi connectivity index (χ0v) is 7.86. The van der Waals surface area contributed by atoms with Crippen LogP contribution in [0, 0.1) is 0 Å². The zero-order chi connectivity index (χ0) is 10.2. The molecule has 0 heterocycles. The van der Waals surface area contributed by atoms with Crippen LogP contribution in [0.15, 0.2) is 12.7 Å². The molecular formula is C4H7BF3LiO3S. The largest absolute Gasteiger partial charge is 1.00 e. The van der Waals surface area contributed by atoms with Crippen LogP contribution in [-0.4, -0.2) is 26.3 Å². The minimum atomic E-state index is -4.01. The third kappa shape index (κ3) is 47.4. The van der Waals surface area contributed by atoms with Gasteiger partial charge in [0.2, 0.25) is 0 Å². The Hall–Kier alpha value is 0.102.